The maximum absolute atomic E-state index is 13.3. The molecule has 0 saturated heterocycles. The first-order valence-corrected chi connectivity index (χ1v) is 8.43. The van der Waals surface area contributed by atoms with Gasteiger partial charge in [-0.1, -0.05) is 18.2 Å². The van der Waals surface area contributed by atoms with E-state index in [1.165, 1.54) is 34.6 Å². The molecule has 0 amide bonds. The second-order valence-electron chi connectivity index (χ2n) is 5.37. The maximum Gasteiger partial charge on any atom is 0.243 e. The number of hydrogen-bond acceptors (Lipinski definition) is 2. The van der Waals surface area contributed by atoms with Crippen molar-refractivity contribution in [1.82, 2.24) is 4.31 Å². The van der Waals surface area contributed by atoms with Gasteiger partial charge in [-0.15, -0.1) is 0 Å². The molecular formula is C16H15F2NO2S. The van der Waals surface area contributed by atoms with E-state index in [9.17, 15) is 17.2 Å². The fourth-order valence-corrected chi connectivity index (χ4v) is 4.01. The molecule has 2 aromatic rings. The van der Waals surface area contributed by atoms with Gasteiger partial charge in [-0.3, -0.25) is 0 Å². The van der Waals surface area contributed by atoms with Crippen molar-refractivity contribution in [1.29, 1.82) is 0 Å². The van der Waals surface area contributed by atoms with Crippen molar-refractivity contribution >= 4 is 10.0 Å². The predicted octanol–water partition coefficient (Wildman–Crippen LogP) is 3.32. The van der Waals surface area contributed by atoms with Crippen LogP contribution in [-0.2, 0) is 16.6 Å². The molecule has 0 radical (unpaired) electrons. The van der Waals surface area contributed by atoms with Gasteiger partial charge in [0.25, 0.3) is 0 Å². The number of sulfonamides is 1. The van der Waals surface area contributed by atoms with Gasteiger partial charge in [-0.25, -0.2) is 17.2 Å². The van der Waals surface area contributed by atoms with Crippen LogP contribution in [0, 0.1) is 11.6 Å². The largest absolute Gasteiger partial charge is 0.243 e. The maximum atomic E-state index is 13.3. The van der Waals surface area contributed by atoms with E-state index in [0.29, 0.717) is 5.56 Å². The van der Waals surface area contributed by atoms with Gasteiger partial charge in [0.2, 0.25) is 10.0 Å². The van der Waals surface area contributed by atoms with Crippen molar-refractivity contribution in [2.24, 2.45) is 0 Å². The van der Waals surface area contributed by atoms with Crippen LogP contribution in [0.3, 0.4) is 0 Å². The molecular weight excluding hydrogens is 308 g/mol. The van der Waals surface area contributed by atoms with Crippen LogP contribution in [0.1, 0.15) is 18.4 Å². The molecule has 0 unspecified atom stereocenters. The lowest BCUT2D eigenvalue weighted by atomic mass is 10.2. The van der Waals surface area contributed by atoms with E-state index in [2.05, 4.69) is 0 Å². The van der Waals surface area contributed by atoms with Crippen LogP contribution in [0.25, 0.3) is 0 Å². The van der Waals surface area contributed by atoms with E-state index < -0.39 is 15.8 Å². The molecule has 116 valence electrons. The summed E-state index contributed by atoms with van der Waals surface area (Å²) in [6.07, 6.45) is 1.57. The fourth-order valence-electron chi connectivity index (χ4n) is 2.31. The normalized spacial score (nSPS) is 15.2. The van der Waals surface area contributed by atoms with Gasteiger partial charge in [-0.2, -0.15) is 4.31 Å². The highest BCUT2D eigenvalue weighted by molar-refractivity contribution is 7.89. The summed E-state index contributed by atoms with van der Waals surface area (Å²) in [5.74, 6) is -0.951. The van der Waals surface area contributed by atoms with Gasteiger partial charge in [0.15, 0.2) is 0 Å². The van der Waals surface area contributed by atoms with Crippen molar-refractivity contribution < 1.29 is 17.2 Å². The molecule has 1 aliphatic rings. The van der Waals surface area contributed by atoms with E-state index in [4.69, 9.17) is 0 Å². The molecule has 0 aromatic heterocycles. The van der Waals surface area contributed by atoms with Crippen LogP contribution in [0.15, 0.2) is 53.4 Å². The third kappa shape index (κ3) is 3.18. The first-order valence-electron chi connectivity index (χ1n) is 6.99. The molecule has 3 nitrogen and oxygen atoms in total. The summed E-state index contributed by atoms with van der Waals surface area (Å²) in [7, 11) is -3.77. The average molecular weight is 323 g/mol. The van der Waals surface area contributed by atoms with Crippen molar-refractivity contribution in [3.8, 4) is 0 Å². The van der Waals surface area contributed by atoms with E-state index in [-0.39, 0.29) is 23.3 Å². The Morgan fingerprint density at radius 3 is 2.27 bits per heavy atom. The topological polar surface area (TPSA) is 37.4 Å². The molecule has 22 heavy (non-hydrogen) atoms. The summed E-state index contributed by atoms with van der Waals surface area (Å²) in [5.41, 5.74) is 0.702. The fraction of sp³-hybridized carbons (Fsp3) is 0.250. The van der Waals surface area contributed by atoms with Crippen LogP contribution in [0.4, 0.5) is 8.78 Å². The van der Waals surface area contributed by atoms with Gasteiger partial charge in [0.05, 0.1) is 4.90 Å². The van der Waals surface area contributed by atoms with Crippen LogP contribution in [-0.4, -0.2) is 18.8 Å². The SMILES string of the molecule is O=S(=O)(c1cccc(F)c1)N(Cc1ccc(F)cc1)C1CC1. The minimum Gasteiger partial charge on any atom is -0.207 e. The lowest BCUT2D eigenvalue weighted by molar-refractivity contribution is 0.398. The Morgan fingerprint density at radius 1 is 1.00 bits per heavy atom. The Balaban J connectivity index is 1.92. The Kier molecular flexibility index (Phi) is 3.97. The highest BCUT2D eigenvalue weighted by atomic mass is 32.2. The molecule has 0 bridgehead atoms. The third-order valence-corrected chi connectivity index (χ3v) is 5.50. The van der Waals surface area contributed by atoms with Crippen molar-refractivity contribution in [3.05, 3.63) is 65.7 Å². The Labute approximate surface area is 128 Å². The summed E-state index contributed by atoms with van der Waals surface area (Å²) in [6, 6.07) is 10.7. The number of halogens is 2. The van der Waals surface area contributed by atoms with Crippen molar-refractivity contribution in [2.45, 2.75) is 30.3 Å². The third-order valence-electron chi connectivity index (χ3n) is 3.61. The van der Waals surface area contributed by atoms with Crippen molar-refractivity contribution in [2.75, 3.05) is 0 Å². The summed E-state index contributed by atoms with van der Waals surface area (Å²) in [4.78, 5) is -0.0542. The molecule has 3 rings (SSSR count). The quantitative estimate of drug-likeness (QED) is 0.846. The molecule has 0 spiro atoms. The molecule has 6 heteroatoms. The number of rotatable bonds is 5. The average Bonchev–Trinajstić information content (AvgIpc) is 3.31. The van der Waals surface area contributed by atoms with Crippen molar-refractivity contribution in [3.63, 3.8) is 0 Å². The summed E-state index contributed by atoms with van der Waals surface area (Å²) in [5, 5.41) is 0. The minimum absolute atomic E-state index is 0.0542. The Hall–Kier alpha value is -1.79. The van der Waals surface area contributed by atoms with Crippen LogP contribution >= 0.6 is 0 Å². The monoisotopic (exact) mass is 323 g/mol. The summed E-state index contributed by atoms with van der Waals surface area (Å²) >= 11 is 0. The van der Waals surface area contributed by atoms with Crippen LogP contribution < -0.4 is 0 Å². The molecule has 0 N–H and O–H groups in total. The van der Waals surface area contributed by atoms with Gasteiger partial charge in [0.1, 0.15) is 11.6 Å². The zero-order valence-electron chi connectivity index (χ0n) is 11.7. The molecule has 1 aliphatic carbocycles. The second-order valence-corrected chi connectivity index (χ2v) is 7.26. The first kappa shape index (κ1) is 15.1. The highest BCUT2D eigenvalue weighted by Crippen LogP contribution is 2.33. The smallest absolute Gasteiger partial charge is 0.207 e. The number of hydrogen-bond donors (Lipinski definition) is 0. The summed E-state index contributed by atoms with van der Waals surface area (Å²) in [6.45, 7) is 0.157. The van der Waals surface area contributed by atoms with Gasteiger partial charge < -0.3 is 0 Å². The minimum atomic E-state index is -3.77. The first-order chi connectivity index (χ1) is 10.5. The van der Waals surface area contributed by atoms with Gasteiger partial charge in [0, 0.05) is 12.6 Å². The van der Waals surface area contributed by atoms with E-state index in [1.54, 1.807) is 12.1 Å². The second kappa shape index (κ2) is 5.78. The Morgan fingerprint density at radius 2 is 1.68 bits per heavy atom. The van der Waals surface area contributed by atoms with E-state index in [1.807, 2.05) is 0 Å². The molecule has 0 aliphatic heterocycles. The summed E-state index contributed by atoms with van der Waals surface area (Å²) < 4.78 is 53.1. The number of benzene rings is 2. The van der Waals surface area contributed by atoms with Crippen LogP contribution in [0.2, 0.25) is 0 Å². The number of nitrogens with zero attached hydrogens (tertiary/aromatic N) is 1. The highest BCUT2D eigenvalue weighted by Gasteiger charge is 2.38. The zero-order valence-corrected chi connectivity index (χ0v) is 12.6. The zero-order chi connectivity index (χ0) is 15.7. The van der Waals surface area contributed by atoms with Gasteiger partial charge >= 0.3 is 0 Å². The lowest BCUT2D eigenvalue weighted by Gasteiger charge is -2.22. The molecule has 2 aromatic carbocycles. The molecule has 0 heterocycles. The van der Waals surface area contributed by atoms with Crippen LogP contribution in [0.5, 0.6) is 0 Å². The molecule has 1 fully saturated rings. The molecule has 1 saturated carbocycles. The lowest BCUT2D eigenvalue weighted by Crippen LogP contribution is -2.32. The molecule has 0 atom stereocenters. The standard InChI is InChI=1S/C16H15F2NO2S/c17-13-6-4-12(5-7-13)11-19(15-8-9-15)22(20,21)16-3-1-2-14(18)10-16/h1-7,10,15H,8-9,11H2. The Bertz CT molecular complexity index is 771. The predicted molar refractivity (Wildman–Crippen MR) is 78.6 cm³/mol. The van der Waals surface area contributed by atoms with E-state index >= 15 is 0 Å². The van der Waals surface area contributed by atoms with Gasteiger partial charge in [-0.05, 0) is 48.7 Å². The van der Waals surface area contributed by atoms with E-state index in [0.717, 1.165) is 18.9 Å².